The van der Waals surface area contributed by atoms with Crippen LogP contribution in [0.25, 0.3) is 11.1 Å². The van der Waals surface area contributed by atoms with E-state index in [1.807, 2.05) is 0 Å². The molecule has 2 aromatic rings. The lowest BCUT2D eigenvalue weighted by molar-refractivity contribution is -0.138. The molecule has 2 heterocycles. The summed E-state index contributed by atoms with van der Waals surface area (Å²) in [6.07, 6.45) is -0.848. The van der Waals surface area contributed by atoms with Crippen molar-refractivity contribution in [3.05, 3.63) is 48.0 Å². The van der Waals surface area contributed by atoms with Crippen LogP contribution in [0.2, 0.25) is 0 Å². The second-order valence-electron chi connectivity index (χ2n) is 3.66. The molecular formula is C12H7F3N2O2. The number of aromatic carboxylic acids is 1. The average molecular weight is 268 g/mol. The van der Waals surface area contributed by atoms with Gasteiger partial charge in [-0.25, -0.2) is 9.78 Å². The highest BCUT2D eigenvalue weighted by molar-refractivity contribution is 5.88. The predicted molar refractivity (Wildman–Crippen MR) is 59.4 cm³/mol. The molecular weight excluding hydrogens is 261 g/mol. The number of carbonyl (C=O) groups is 1. The van der Waals surface area contributed by atoms with E-state index in [1.54, 1.807) is 12.1 Å². The molecule has 0 saturated heterocycles. The number of rotatable bonds is 2. The predicted octanol–water partition coefficient (Wildman–Crippen LogP) is 2.86. The number of carboxylic acid groups (broad SMARTS) is 1. The molecule has 4 nitrogen and oxygen atoms in total. The second-order valence-corrected chi connectivity index (χ2v) is 3.66. The fourth-order valence-electron chi connectivity index (χ4n) is 1.54. The van der Waals surface area contributed by atoms with Crippen LogP contribution in [0, 0.1) is 0 Å². The van der Waals surface area contributed by atoms with Gasteiger partial charge in [0.1, 0.15) is 0 Å². The minimum absolute atomic E-state index is 0.158. The third kappa shape index (κ3) is 2.70. The normalized spacial score (nSPS) is 11.3. The molecule has 0 bridgehead atoms. The van der Waals surface area contributed by atoms with Crippen LogP contribution < -0.4 is 0 Å². The van der Waals surface area contributed by atoms with Gasteiger partial charge in [0.05, 0.1) is 5.56 Å². The number of alkyl halides is 3. The highest BCUT2D eigenvalue weighted by atomic mass is 19.4. The zero-order valence-electron chi connectivity index (χ0n) is 9.35. The monoisotopic (exact) mass is 268 g/mol. The summed E-state index contributed by atoms with van der Waals surface area (Å²) in [5.41, 5.74) is -1.70. The summed E-state index contributed by atoms with van der Waals surface area (Å²) in [6, 6.07) is 3.88. The van der Waals surface area contributed by atoms with E-state index >= 15 is 0 Å². The number of pyridine rings is 2. The fraction of sp³-hybridized carbons (Fsp3) is 0.0833. The summed E-state index contributed by atoms with van der Waals surface area (Å²) in [5.74, 6) is -1.72. The van der Waals surface area contributed by atoms with Crippen molar-refractivity contribution in [2.45, 2.75) is 6.18 Å². The molecule has 1 N–H and O–H groups in total. The van der Waals surface area contributed by atoms with Crippen molar-refractivity contribution in [1.29, 1.82) is 0 Å². The first-order valence-electron chi connectivity index (χ1n) is 5.10. The van der Waals surface area contributed by atoms with E-state index in [4.69, 9.17) is 5.11 Å². The number of hydrogen-bond acceptors (Lipinski definition) is 3. The summed E-state index contributed by atoms with van der Waals surface area (Å²) >= 11 is 0. The summed E-state index contributed by atoms with van der Waals surface area (Å²) in [5, 5.41) is 8.72. The highest BCUT2D eigenvalue weighted by Crippen LogP contribution is 2.33. The Balaban J connectivity index is 2.60. The summed E-state index contributed by atoms with van der Waals surface area (Å²) in [7, 11) is 0. The van der Waals surface area contributed by atoms with Crippen LogP contribution in [0.15, 0.2) is 36.8 Å². The Hall–Kier alpha value is -2.44. The summed E-state index contributed by atoms with van der Waals surface area (Å²) in [4.78, 5) is 17.9. The lowest BCUT2D eigenvalue weighted by Gasteiger charge is -2.11. The van der Waals surface area contributed by atoms with Gasteiger partial charge in [-0.05, 0) is 12.1 Å². The summed E-state index contributed by atoms with van der Waals surface area (Å²) < 4.78 is 38.4. The zero-order valence-corrected chi connectivity index (χ0v) is 9.35. The fourth-order valence-corrected chi connectivity index (χ4v) is 1.54. The maximum atomic E-state index is 12.8. The molecule has 0 radical (unpaired) electrons. The molecule has 0 amide bonds. The quantitative estimate of drug-likeness (QED) is 0.909. The Morgan fingerprint density at radius 3 is 2.47 bits per heavy atom. The largest absolute Gasteiger partial charge is 0.476 e. The molecule has 0 saturated carbocycles. The van der Waals surface area contributed by atoms with Crippen LogP contribution in [-0.4, -0.2) is 21.0 Å². The van der Waals surface area contributed by atoms with Crippen molar-refractivity contribution in [1.82, 2.24) is 9.97 Å². The Labute approximate surface area is 105 Å². The molecule has 0 unspecified atom stereocenters. The number of carboxylic acids is 1. The minimum atomic E-state index is -4.78. The minimum Gasteiger partial charge on any atom is -0.476 e. The standard InChI is InChI=1S/C12H7F3N2O2/c13-12(14,15)9-4-8(6-17-10(9)11(18)19)7-2-1-3-16-5-7/h1-6H,(H,18,19). The third-order valence-corrected chi connectivity index (χ3v) is 2.39. The molecule has 98 valence electrons. The first-order chi connectivity index (χ1) is 8.89. The Bertz CT molecular complexity index is 612. The van der Waals surface area contributed by atoms with E-state index in [1.165, 1.54) is 12.4 Å². The van der Waals surface area contributed by atoms with Crippen molar-refractivity contribution in [3.8, 4) is 11.1 Å². The van der Waals surface area contributed by atoms with E-state index in [9.17, 15) is 18.0 Å². The van der Waals surface area contributed by atoms with Gasteiger partial charge in [0.15, 0.2) is 5.69 Å². The van der Waals surface area contributed by atoms with Gasteiger partial charge in [0.25, 0.3) is 0 Å². The van der Waals surface area contributed by atoms with E-state index < -0.39 is 23.4 Å². The van der Waals surface area contributed by atoms with Crippen LogP contribution in [0.4, 0.5) is 13.2 Å². The lowest BCUT2D eigenvalue weighted by atomic mass is 10.1. The van der Waals surface area contributed by atoms with E-state index in [0.29, 0.717) is 5.56 Å². The smallest absolute Gasteiger partial charge is 0.418 e. The molecule has 2 rings (SSSR count). The molecule has 0 aliphatic heterocycles. The number of hydrogen-bond donors (Lipinski definition) is 1. The molecule has 0 fully saturated rings. The van der Waals surface area contributed by atoms with Crippen LogP contribution >= 0.6 is 0 Å². The van der Waals surface area contributed by atoms with Gasteiger partial charge in [-0.1, -0.05) is 6.07 Å². The first kappa shape index (κ1) is 13.0. The Morgan fingerprint density at radius 1 is 1.21 bits per heavy atom. The van der Waals surface area contributed by atoms with Gasteiger partial charge >= 0.3 is 12.1 Å². The molecule has 0 aliphatic carbocycles. The van der Waals surface area contributed by atoms with Crippen LogP contribution in [0.3, 0.4) is 0 Å². The van der Waals surface area contributed by atoms with Crippen molar-refractivity contribution in [2.75, 3.05) is 0 Å². The maximum Gasteiger partial charge on any atom is 0.418 e. The van der Waals surface area contributed by atoms with Gasteiger partial charge < -0.3 is 5.11 Å². The second kappa shape index (κ2) is 4.68. The van der Waals surface area contributed by atoms with Gasteiger partial charge in [-0.3, -0.25) is 4.98 Å². The Kier molecular flexibility index (Phi) is 3.20. The third-order valence-electron chi connectivity index (χ3n) is 2.39. The molecule has 19 heavy (non-hydrogen) atoms. The van der Waals surface area contributed by atoms with Crippen molar-refractivity contribution < 1.29 is 23.1 Å². The molecule has 0 aromatic carbocycles. The molecule has 0 atom stereocenters. The number of nitrogens with zero attached hydrogens (tertiary/aromatic N) is 2. The van der Waals surface area contributed by atoms with E-state index in [2.05, 4.69) is 9.97 Å². The van der Waals surface area contributed by atoms with E-state index in [-0.39, 0.29) is 5.56 Å². The van der Waals surface area contributed by atoms with Gasteiger partial charge in [0.2, 0.25) is 0 Å². The van der Waals surface area contributed by atoms with Crippen molar-refractivity contribution >= 4 is 5.97 Å². The molecule has 0 spiro atoms. The number of halogens is 3. The van der Waals surface area contributed by atoms with Gasteiger partial charge in [-0.2, -0.15) is 13.2 Å². The molecule has 0 aliphatic rings. The first-order valence-corrected chi connectivity index (χ1v) is 5.10. The SMILES string of the molecule is O=C(O)c1ncc(-c2cccnc2)cc1C(F)(F)F. The van der Waals surface area contributed by atoms with Crippen LogP contribution in [0.5, 0.6) is 0 Å². The highest BCUT2D eigenvalue weighted by Gasteiger charge is 2.36. The van der Waals surface area contributed by atoms with E-state index in [0.717, 1.165) is 12.3 Å². The molecule has 7 heteroatoms. The summed E-state index contributed by atoms with van der Waals surface area (Å²) in [6.45, 7) is 0. The van der Waals surface area contributed by atoms with Crippen molar-refractivity contribution in [2.24, 2.45) is 0 Å². The Morgan fingerprint density at radius 2 is 1.95 bits per heavy atom. The van der Waals surface area contributed by atoms with Crippen molar-refractivity contribution in [3.63, 3.8) is 0 Å². The topological polar surface area (TPSA) is 63.1 Å². The molecule has 2 aromatic heterocycles. The average Bonchev–Trinajstić information content (AvgIpc) is 2.38. The van der Waals surface area contributed by atoms with Crippen LogP contribution in [0.1, 0.15) is 16.1 Å². The van der Waals surface area contributed by atoms with Crippen LogP contribution in [-0.2, 0) is 6.18 Å². The zero-order chi connectivity index (χ0) is 14.0. The maximum absolute atomic E-state index is 12.8. The van der Waals surface area contributed by atoms with Gasteiger partial charge in [0, 0.05) is 29.7 Å². The van der Waals surface area contributed by atoms with Gasteiger partial charge in [-0.15, -0.1) is 0 Å². The lowest BCUT2D eigenvalue weighted by Crippen LogP contribution is -2.15. The number of aromatic nitrogens is 2.